The molecular weight excluding hydrogens is 432 g/mol. The maximum atomic E-state index is 11.8. The van der Waals surface area contributed by atoms with Crippen LogP contribution < -0.4 is 10.6 Å². The Morgan fingerprint density at radius 3 is 2.50 bits per heavy atom. The highest BCUT2D eigenvalue weighted by Crippen LogP contribution is 2.25. The van der Waals surface area contributed by atoms with Crippen molar-refractivity contribution in [1.82, 2.24) is 19.7 Å². The third-order valence-electron chi connectivity index (χ3n) is 5.26. The number of carbonyl (C=O) groups excluding carboxylic acids is 2. The molecule has 0 aliphatic rings. The number of carbonyl (C=O) groups is 2. The van der Waals surface area contributed by atoms with Gasteiger partial charge in [-0.05, 0) is 35.7 Å². The van der Waals surface area contributed by atoms with E-state index < -0.39 is 11.9 Å². The lowest BCUT2D eigenvalue weighted by Crippen LogP contribution is -2.17. The number of rotatable bonds is 6. The molecule has 2 aromatic heterocycles. The summed E-state index contributed by atoms with van der Waals surface area (Å²) >= 11 is 0. The van der Waals surface area contributed by atoms with Crippen molar-refractivity contribution in [2.75, 3.05) is 17.7 Å². The highest BCUT2D eigenvalue weighted by atomic mass is 16.5. The van der Waals surface area contributed by atoms with E-state index in [1.54, 1.807) is 36.7 Å². The Morgan fingerprint density at radius 2 is 1.68 bits per heavy atom. The molecule has 0 radical (unpaired) electrons. The van der Waals surface area contributed by atoms with Crippen molar-refractivity contribution in [3.63, 3.8) is 0 Å². The number of hydrogen-bond donors (Lipinski definition) is 2. The van der Waals surface area contributed by atoms with Crippen molar-refractivity contribution >= 4 is 51.0 Å². The number of methoxy groups -OCH3 is 1. The number of esters is 1. The first-order valence-electron chi connectivity index (χ1n) is 10.5. The monoisotopic (exact) mass is 452 g/mol. The Kier molecular flexibility index (Phi) is 5.57. The zero-order chi connectivity index (χ0) is 23.5. The van der Waals surface area contributed by atoms with E-state index in [1.807, 2.05) is 28.9 Å². The van der Waals surface area contributed by atoms with Gasteiger partial charge in [0, 0.05) is 23.0 Å². The molecule has 2 N–H and O–H groups in total. The van der Waals surface area contributed by atoms with Crippen molar-refractivity contribution < 1.29 is 14.3 Å². The van der Waals surface area contributed by atoms with Crippen molar-refractivity contribution in [3.8, 4) is 5.69 Å². The third kappa shape index (κ3) is 4.26. The number of amides is 1. The summed E-state index contributed by atoms with van der Waals surface area (Å²) < 4.78 is 6.31. The molecule has 0 aliphatic carbocycles. The van der Waals surface area contributed by atoms with Crippen molar-refractivity contribution in [1.29, 1.82) is 0 Å². The molecule has 0 saturated heterocycles. The van der Waals surface area contributed by atoms with Gasteiger partial charge in [0.15, 0.2) is 5.65 Å². The van der Waals surface area contributed by atoms with Crippen LogP contribution in [-0.2, 0) is 14.3 Å². The van der Waals surface area contributed by atoms with Crippen LogP contribution in [0.15, 0.2) is 79.1 Å². The predicted octanol–water partition coefficient (Wildman–Crippen LogP) is 4.21. The summed E-state index contributed by atoms with van der Waals surface area (Å²) in [6, 6.07) is 21.2. The summed E-state index contributed by atoms with van der Waals surface area (Å²) in [5.74, 6) is -0.619. The predicted molar refractivity (Wildman–Crippen MR) is 129 cm³/mol. The van der Waals surface area contributed by atoms with Crippen molar-refractivity contribution in [2.24, 2.45) is 0 Å². The number of benzene rings is 3. The van der Waals surface area contributed by atoms with E-state index in [2.05, 4.69) is 48.6 Å². The molecule has 0 fully saturated rings. The summed E-state index contributed by atoms with van der Waals surface area (Å²) in [7, 11) is 1.24. The molecule has 168 valence electrons. The first kappa shape index (κ1) is 21.1. The molecule has 0 atom stereocenters. The smallest absolute Gasteiger partial charge is 0.315 e. The minimum absolute atomic E-state index is 0.339. The fourth-order valence-corrected chi connectivity index (χ4v) is 3.62. The van der Waals surface area contributed by atoms with Gasteiger partial charge in [-0.15, -0.1) is 0 Å². The maximum Gasteiger partial charge on any atom is 0.315 e. The van der Waals surface area contributed by atoms with Crippen LogP contribution in [0.1, 0.15) is 6.42 Å². The van der Waals surface area contributed by atoms with Crippen molar-refractivity contribution in [2.45, 2.75) is 6.42 Å². The average Bonchev–Trinajstić information content (AvgIpc) is 3.28. The second-order valence-corrected chi connectivity index (χ2v) is 7.53. The first-order chi connectivity index (χ1) is 16.6. The molecule has 34 heavy (non-hydrogen) atoms. The molecular formula is C25H20N6O3. The Morgan fingerprint density at radius 1 is 0.912 bits per heavy atom. The molecule has 0 aliphatic heterocycles. The van der Waals surface area contributed by atoms with Gasteiger partial charge in [0.1, 0.15) is 6.42 Å². The normalized spacial score (nSPS) is 10.9. The topological polar surface area (TPSA) is 111 Å². The second-order valence-electron chi connectivity index (χ2n) is 7.53. The van der Waals surface area contributed by atoms with Crippen LogP contribution in [0.3, 0.4) is 0 Å². The van der Waals surface area contributed by atoms with Gasteiger partial charge < -0.3 is 15.4 Å². The minimum atomic E-state index is -0.592. The van der Waals surface area contributed by atoms with Gasteiger partial charge in [-0.2, -0.15) is 10.1 Å². The highest BCUT2D eigenvalue weighted by Gasteiger charge is 2.12. The van der Waals surface area contributed by atoms with E-state index in [1.165, 1.54) is 7.11 Å². The fourth-order valence-electron chi connectivity index (χ4n) is 3.62. The molecule has 9 heteroatoms. The molecule has 0 spiro atoms. The van der Waals surface area contributed by atoms with Gasteiger partial charge >= 0.3 is 5.97 Å². The fraction of sp³-hybridized carbons (Fsp3) is 0.0800. The Hall–Kier alpha value is -4.79. The van der Waals surface area contributed by atoms with Crippen LogP contribution in [-0.4, -0.2) is 38.7 Å². The molecule has 0 saturated carbocycles. The Bertz CT molecular complexity index is 1510. The van der Waals surface area contributed by atoms with Crippen LogP contribution in [0.5, 0.6) is 0 Å². The third-order valence-corrected chi connectivity index (χ3v) is 5.26. The van der Waals surface area contributed by atoms with E-state index in [0.717, 1.165) is 27.5 Å². The Balaban J connectivity index is 1.38. The van der Waals surface area contributed by atoms with Gasteiger partial charge in [-0.25, -0.2) is 9.67 Å². The van der Waals surface area contributed by atoms with E-state index >= 15 is 0 Å². The highest BCUT2D eigenvalue weighted by molar-refractivity contribution is 6.01. The summed E-state index contributed by atoms with van der Waals surface area (Å²) in [4.78, 5) is 32.1. The first-order valence-corrected chi connectivity index (χ1v) is 10.5. The van der Waals surface area contributed by atoms with E-state index in [4.69, 9.17) is 0 Å². The quantitative estimate of drug-likeness (QED) is 0.293. The molecule has 9 nitrogen and oxygen atoms in total. The van der Waals surface area contributed by atoms with Crippen LogP contribution >= 0.6 is 0 Å². The number of anilines is 3. The molecule has 5 aromatic rings. The molecule has 2 heterocycles. The molecule has 0 unspecified atom stereocenters. The number of fused-ring (bicyclic) bond motifs is 2. The van der Waals surface area contributed by atoms with Gasteiger partial charge in [0.05, 0.1) is 24.4 Å². The zero-order valence-corrected chi connectivity index (χ0v) is 18.2. The lowest BCUT2D eigenvalue weighted by atomic mass is 10.1. The van der Waals surface area contributed by atoms with Gasteiger partial charge in [0.25, 0.3) is 0 Å². The minimum Gasteiger partial charge on any atom is -0.469 e. The van der Waals surface area contributed by atoms with E-state index in [9.17, 15) is 9.59 Å². The maximum absolute atomic E-state index is 11.8. The lowest BCUT2D eigenvalue weighted by molar-refractivity contribution is -0.142. The number of aromatic nitrogens is 4. The number of hydrogen-bond acceptors (Lipinski definition) is 7. The van der Waals surface area contributed by atoms with Crippen LogP contribution in [0.4, 0.5) is 17.3 Å². The standard InChI is InChI=1S/C25H20N6O3/c1-34-23(33)13-22(32)28-18-9-11-19(12-10-18)29-25-26-14-17-15-27-31(24(17)30-25)21-8-4-6-16-5-2-3-7-20(16)21/h2-12,14-15H,13H2,1H3,(H,28,32)(H,26,29,30). The summed E-state index contributed by atoms with van der Waals surface area (Å²) in [6.45, 7) is 0. The van der Waals surface area contributed by atoms with Crippen LogP contribution in [0, 0.1) is 0 Å². The van der Waals surface area contributed by atoms with Crippen molar-refractivity contribution in [3.05, 3.63) is 79.1 Å². The van der Waals surface area contributed by atoms with Gasteiger partial charge in [-0.1, -0.05) is 36.4 Å². The van der Waals surface area contributed by atoms with E-state index in [-0.39, 0.29) is 6.42 Å². The molecule has 0 bridgehead atoms. The summed E-state index contributed by atoms with van der Waals surface area (Å²) in [5, 5.41) is 13.4. The Labute approximate surface area is 194 Å². The van der Waals surface area contributed by atoms with Crippen LogP contribution in [0.25, 0.3) is 27.5 Å². The molecule has 1 amide bonds. The second kappa shape index (κ2) is 8.99. The summed E-state index contributed by atoms with van der Waals surface area (Å²) in [5.41, 5.74) is 2.91. The summed E-state index contributed by atoms with van der Waals surface area (Å²) in [6.07, 6.45) is 3.13. The largest absolute Gasteiger partial charge is 0.469 e. The average molecular weight is 452 g/mol. The number of ether oxygens (including phenoxy) is 1. The molecule has 3 aromatic carbocycles. The number of nitrogens with zero attached hydrogens (tertiary/aromatic N) is 4. The zero-order valence-electron chi connectivity index (χ0n) is 18.2. The lowest BCUT2D eigenvalue weighted by Gasteiger charge is -2.09. The molecule has 5 rings (SSSR count). The van der Waals surface area contributed by atoms with Gasteiger partial charge in [0.2, 0.25) is 11.9 Å². The van der Waals surface area contributed by atoms with E-state index in [0.29, 0.717) is 17.3 Å². The SMILES string of the molecule is COC(=O)CC(=O)Nc1ccc(Nc2ncc3cnn(-c4cccc5ccccc45)c3n2)cc1. The van der Waals surface area contributed by atoms with Gasteiger partial charge in [-0.3, -0.25) is 9.59 Å². The van der Waals surface area contributed by atoms with Crippen LogP contribution in [0.2, 0.25) is 0 Å². The number of nitrogens with one attached hydrogen (secondary N) is 2.